The molecule has 0 radical (unpaired) electrons. The van der Waals surface area contributed by atoms with Crippen LogP contribution >= 0.6 is 0 Å². The highest BCUT2D eigenvalue weighted by atomic mass is 32.2. The fraction of sp³-hybridized carbons (Fsp3) is 0.455. The Morgan fingerprint density at radius 3 is 2.61 bits per heavy atom. The van der Waals surface area contributed by atoms with Crippen molar-refractivity contribution in [2.75, 3.05) is 11.5 Å². The fourth-order valence-electron chi connectivity index (χ4n) is 3.71. The minimum Gasteiger partial charge on any atom is -0.382 e. The van der Waals surface area contributed by atoms with Crippen molar-refractivity contribution in [3.05, 3.63) is 47.4 Å². The molecule has 2 heterocycles. The largest absolute Gasteiger partial charge is 0.382 e. The van der Waals surface area contributed by atoms with Gasteiger partial charge in [-0.3, -0.25) is 0 Å². The van der Waals surface area contributed by atoms with E-state index in [4.69, 9.17) is 10.7 Å². The summed E-state index contributed by atoms with van der Waals surface area (Å²) in [7, 11) is -3.79. The first kappa shape index (κ1) is 23.1. The molecule has 0 aliphatic heterocycles. The molecule has 9 heteroatoms. The summed E-state index contributed by atoms with van der Waals surface area (Å²) in [5, 5.41) is 0. The molecule has 0 saturated heterocycles. The van der Waals surface area contributed by atoms with E-state index in [1.807, 2.05) is 6.92 Å². The number of halogens is 2. The summed E-state index contributed by atoms with van der Waals surface area (Å²) in [5.41, 5.74) is 8.70. The number of aromatic nitrogens is 3. The van der Waals surface area contributed by atoms with Crippen LogP contribution in [0.25, 0.3) is 11.0 Å². The van der Waals surface area contributed by atoms with Crippen molar-refractivity contribution in [1.29, 1.82) is 0 Å². The van der Waals surface area contributed by atoms with E-state index in [1.54, 1.807) is 6.20 Å². The second-order valence-corrected chi connectivity index (χ2v) is 9.84. The molecule has 1 aromatic carbocycles. The van der Waals surface area contributed by atoms with Gasteiger partial charge in [-0.15, -0.1) is 0 Å². The summed E-state index contributed by atoms with van der Waals surface area (Å²) >= 11 is 0. The third-order valence-electron chi connectivity index (χ3n) is 5.34. The maximum Gasteiger partial charge on any atom is 0.181 e. The van der Waals surface area contributed by atoms with E-state index < -0.39 is 26.4 Å². The number of nitrogens with two attached hydrogens (primary N) is 1. The highest BCUT2D eigenvalue weighted by Gasteiger charge is 2.20. The molecule has 3 aromatic rings. The van der Waals surface area contributed by atoms with Crippen molar-refractivity contribution in [3.63, 3.8) is 0 Å². The Balaban J connectivity index is 1.67. The van der Waals surface area contributed by atoms with Gasteiger partial charge < -0.3 is 10.3 Å². The molecule has 0 atom stereocenters. The maximum atomic E-state index is 13.8. The van der Waals surface area contributed by atoms with Crippen LogP contribution in [0.1, 0.15) is 50.4 Å². The monoisotopic (exact) mass is 450 g/mol. The summed E-state index contributed by atoms with van der Waals surface area (Å²) < 4.78 is 53.8. The molecule has 0 unspecified atom stereocenters. The zero-order valence-electron chi connectivity index (χ0n) is 17.9. The number of benzene rings is 1. The van der Waals surface area contributed by atoms with Gasteiger partial charge in [0.2, 0.25) is 0 Å². The van der Waals surface area contributed by atoms with Crippen LogP contribution in [0.2, 0.25) is 0 Å². The topological polar surface area (TPSA) is 90.9 Å². The average molecular weight is 451 g/mol. The number of imidazole rings is 1. The Bertz CT molecular complexity index is 1180. The SMILES string of the molecule is CCCCc1nc2c(N)ncc(C)c2n1CCCCCS(=O)(=O)c1ccc(F)cc1F. The van der Waals surface area contributed by atoms with E-state index in [-0.39, 0.29) is 5.75 Å². The van der Waals surface area contributed by atoms with E-state index >= 15 is 0 Å². The Morgan fingerprint density at radius 1 is 1.13 bits per heavy atom. The fourth-order valence-corrected chi connectivity index (χ4v) is 5.14. The van der Waals surface area contributed by atoms with E-state index in [9.17, 15) is 17.2 Å². The number of nitrogens with zero attached hydrogens (tertiary/aromatic N) is 3. The molecule has 2 aromatic heterocycles. The van der Waals surface area contributed by atoms with Crippen molar-refractivity contribution in [2.24, 2.45) is 0 Å². The highest BCUT2D eigenvalue weighted by Crippen LogP contribution is 2.25. The normalized spacial score (nSPS) is 12.0. The van der Waals surface area contributed by atoms with Gasteiger partial charge in [0, 0.05) is 25.2 Å². The van der Waals surface area contributed by atoms with E-state index in [0.717, 1.165) is 54.7 Å². The molecule has 0 saturated carbocycles. The first-order valence-electron chi connectivity index (χ1n) is 10.5. The number of hydrogen-bond acceptors (Lipinski definition) is 5. The maximum absolute atomic E-state index is 13.8. The van der Waals surface area contributed by atoms with Crippen LogP contribution in [0.4, 0.5) is 14.6 Å². The van der Waals surface area contributed by atoms with Crippen LogP contribution in [-0.4, -0.2) is 28.7 Å². The summed E-state index contributed by atoms with van der Waals surface area (Å²) in [6.45, 7) is 4.78. The Hall–Kier alpha value is -2.55. The summed E-state index contributed by atoms with van der Waals surface area (Å²) in [4.78, 5) is 8.46. The molecule has 0 spiro atoms. The number of nitrogen functional groups attached to an aromatic ring is 1. The van der Waals surface area contributed by atoms with Crippen molar-refractivity contribution in [2.45, 2.75) is 63.8 Å². The number of pyridine rings is 1. The minimum atomic E-state index is -3.79. The van der Waals surface area contributed by atoms with E-state index in [1.165, 1.54) is 0 Å². The number of aryl methyl sites for hydroxylation is 3. The van der Waals surface area contributed by atoms with Gasteiger partial charge in [0.15, 0.2) is 15.7 Å². The second-order valence-electron chi connectivity index (χ2n) is 7.76. The summed E-state index contributed by atoms with van der Waals surface area (Å²) in [5.74, 6) is -0.662. The molecule has 2 N–H and O–H groups in total. The Kier molecular flexibility index (Phi) is 7.25. The lowest BCUT2D eigenvalue weighted by molar-refractivity contribution is 0.544. The minimum absolute atomic E-state index is 0.182. The third-order valence-corrected chi connectivity index (χ3v) is 7.17. The van der Waals surface area contributed by atoms with Gasteiger partial charge in [-0.05, 0) is 43.9 Å². The molecular weight excluding hydrogens is 422 g/mol. The number of unbranched alkanes of at least 4 members (excludes halogenated alkanes) is 3. The highest BCUT2D eigenvalue weighted by molar-refractivity contribution is 7.91. The van der Waals surface area contributed by atoms with Gasteiger partial charge >= 0.3 is 0 Å². The van der Waals surface area contributed by atoms with E-state index in [0.29, 0.717) is 36.8 Å². The number of fused-ring (bicyclic) bond motifs is 1. The second kappa shape index (κ2) is 9.72. The van der Waals surface area contributed by atoms with Gasteiger partial charge in [-0.25, -0.2) is 27.2 Å². The standard InChI is InChI=1S/C22H28F2N4O2S/c1-3-4-8-19-27-20-21(15(2)14-26-22(20)25)28(19)11-6-5-7-12-31(29,30)18-10-9-16(23)13-17(18)24/h9-10,13-14H,3-8,11-12H2,1-2H3,(H2,25,26). The predicted octanol–water partition coefficient (Wildman–Crippen LogP) is 4.59. The van der Waals surface area contributed by atoms with Gasteiger partial charge in [0.05, 0.1) is 11.3 Å². The summed E-state index contributed by atoms with van der Waals surface area (Å²) in [6.07, 6.45) is 6.41. The van der Waals surface area contributed by atoms with Crippen LogP contribution in [0.15, 0.2) is 29.3 Å². The quantitative estimate of drug-likeness (QED) is 0.360. The van der Waals surface area contributed by atoms with Crippen molar-refractivity contribution >= 4 is 26.7 Å². The molecule has 3 rings (SSSR count). The number of sulfone groups is 1. The molecule has 31 heavy (non-hydrogen) atoms. The van der Waals surface area contributed by atoms with Gasteiger partial charge in [0.25, 0.3) is 0 Å². The van der Waals surface area contributed by atoms with Crippen molar-refractivity contribution in [3.8, 4) is 0 Å². The van der Waals surface area contributed by atoms with Crippen LogP contribution < -0.4 is 5.73 Å². The third kappa shape index (κ3) is 5.20. The first-order valence-corrected chi connectivity index (χ1v) is 12.2. The average Bonchev–Trinajstić information content (AvgIpc) is 3.08. The Labute approximate surface area is 181 Å². The van der Waals surface area contributed by atoms with Crippen LogP contribution in [0.3, 0.4) is 0 Å². The zero-order chi connectivity index (χ0) is 22.6. The molecule has 6 nitrogen and oxygen atoms in total. The molecule has 0 aliphatic rings. The molecular formula is C22H28F2N4O2S. The lowest BCUT2D eigenvalue weighted by Gasteiger charge is -2.11. The van der Waals surface area contributed by atoms with Gasteiger partial charge in [0.1, 0.15) is 27.9 Å². The Morgan fingerprint density at radius 2 is 1.90 bits per heavy atom. The molecule has 0 bridgehead atoms. The number of rotatable bonds is 10. The first-order chi connectivity index (χ1) is 14.7. The molecule has 0 fully saturated rings. The smallest absolute Gasteiger partial charge is 0.181 e. The molecule has 0 amide bonds. The lowest BCUT2D eigenvalue weighted by Crippen LogP contribution is -2.10. The van der Waals surface area contributed by atoms with Crippen LogP contribution in [-0.2, 0) is 22.8 Å². The molecule has 168 valence electrons. The van der Waals surface area contributed by atoms with Crippen molar-refractivity contribution in [1.82, 2.24) is 14.5 Å². The summed E-state index contributed by atoms with van der Waals surface area (Å²) in [6, 6.07) is 2.54. The van der Waals surface area contributed by atoms with Gasteiger partial charge in [-0.1, -0.05) is 19.8 Å². The zero-order valence-corrected chi connectivity index (χ0v) is 18.7. The predicted molar refractivity (Wildman–Crippen MR) is 118 cm³/mol. The van der Waals surface area contributed by atoms with Crippen molar-refractivity contribution < 1.29 is 17.2 Å². The van der Waals surface area contributed by atoms with Crippen LogP contribution in [0, 0.1) is 18.6 Å². The molecule has 0 aliphatic carbocycles. The number of hydrogen-bond donors (Lipinski definition) is 1. The lowest BCUT2D eigenvalue weighted by atomic mass is 10.2. The van der Waals surface area contributed by atoms with Crippen LogP contribution in [0.5, 0.6) is 0 Å². The number of anilines is 1. The van der Waals surface area contributed by atoms with E-state index in [2.05, 4.69) is 16.5 Å². The van der Waals surface area contributed by atoms with Gasteiger partial charge in [-0.2, -0.15) is 0 Å².